The molecule has 0 fully saturated rings. The molecule has 0 saturated heterocycles. The summed E-state index contributed by atoms with van der Waals surface area (Å²) in [6.07, 6.45) is -0.758. The highest BCUT2D eigenvalue weighted by atomic mass is 35.5. The van der Waals surface area contributed by atoms with E-state index in [4.69, 9.17) is 16.3 Å². The van der Waals surface area contributed by atoms with Gasteiger partial charge in [-0.3, -0.25) is 14.4 Å². The third-order valence-electron chi connectivity index (χ3n) is 3.55. The fourth-order valence-electron chi connectivity index (χ4n) is 2.20. The average Bonchev–Trinajstić information content (AvgIpc) is 2.64. The summed E-state index contributed by atoms with van der Waals surface area (Å²) in [6.45, 7) is 2.93. The number of nitrogens with one attached hydrogen (secondary N) is 2. The number of amides is 2. The van der Waals surface area contributed by atoms with Crippen LogP contribution in [0.4, 0.5) is 11.4 Å². The van der Waals surface area contributed by atoms with Gasteiger partial charge in [0.2, 0.25) is 5.91 Å². The molecular formula is C20H21ClN2O4S. The fraction of sp³-hybridized carbons (Fsp3) is 0.250. The molecule has 6 nitrogen and oxygen atoms in total. The van der Waals surface area contributed by atoms with Crippen molar-refractivity contribution in [2.45, 2.75) is 31.3 Å². The molecule has 2 rings (SSSR count). The minimum Gasteiger partial charge on any atom is -0.453 e. The molecule has 148 valence electrons. The molecular weight excluding hydrogens is 400 g/mol. The van der Waals surface area contributed by atoms with Crippen LogP contribution in [-0.2, 0) is 19.1 Å². The predicted octanol–water partition coefficient (Wildman–Crippen LogP) is 4.35. The minimum absolute atomic E-state index is 0.166. The average molecular weight is 421 g/mol. The van der Waals surface area contributed by atoms with Crippen LogP contribution in [0.1, 0.15) is 20.3 Å². The Morgan fingerprint density at radius 3 is 2.25 bits per heavy atom. The van der Waals surface area contributed by atoms with Crippen molar-refractivity contribution in [3.05, 3.63) is 53.6 Å². The molecule has 0 unspecified atom stereocenters. The topological polar surface area (TPSA) is 84.5 Å². The van der Waals surface area contributed by atoms with Gasteiger partial charge in [0, 0.05) is 28.9 Å². The Labute approximate surface area is 173 Å². The summed E-state index contributed by atoms with van der Waals surface area (Å²) in [7, 11) is 0. The van der Waals surface area contributed by atoms with Crippen LogP contribution < -0.4 is 10.6 Å². The molecule has 0 saturated carbocycles. The molecule has 1 atom stereocenters. The zero-order valence-electron chi connectivity index (χ0n) is 15.5. The molecule has 0 aliphatic heterocycles. The monoisotopic (exact) mass is 420 g/mol. The van der Waals surface area contributed by atoms with Crippen molar-refractivity contribution in [1.82, 2.24) is 0 Å². The number of halogens is 1. The lowest BCUT2D eigenvalue weighted by molar-refractivity contribution is -0.152. The number of esters is 1. The van der Waals surface area contributed by atoms with Crippen molar-refractivity contribution in [2.75, 3.05) is 16.4 Å². The van der Waals surface area contributed by atoms with E-state index >= 15 is 0 Å². The smallest absolute Gasteiger partial charge is 0.307 e. The molecule has 2 aromatic rings. The standard InChI is InChI=1S/C20H21ClN2O4S/c1-13(20(26)23-16-9-7-15(8-10-16)22-14(2)24)27-19(25)11-12-28-18-6-4-3-5-17(18)21/h3-10,13H,11-12H2,1-2H3,(H,22,24)(H,23,26)/t13-/m0/s1. The number of hydrogen-bond donors (Lipinski definition) is 2. The third-order valence-corrected chi connectivity index (χ3v) is 5.07. The fourth-order valence-corrected chi connectivity index (χ4v) is 3.37. The second-order valence-electron chi connectivity index (χ2n) is 5.91. The Morgan fingerprint density at radius 1 is 1.04 bits per heavy atom. The lowest BCUT2D eigenvalue weighted by atomic mass is 10.2. The maximum atomic E-state index is 12.2. The summed E-state index contributed by atoms with van der Waals surface area (Å²) in [5, 5.41) is 5.94. The first-order valence-electron chi connectivity index (χ1n) is 8.60. The maximum Gasteiger partial charge on any atom is 0.307 e. The lowest BCUT2D eigenvalue weighted by Crippen LogP contribution is -2.30. The zero-order valence-corrected chi connectivity index (χ0v) is 17.1. The van der Waals surface area contributed by atoms with E-state index in [9.17, 15) is 14.4 Å². The van der Waals surface area contributed by atoms with E-state index in [0.717, 1.165) is 4.90 Å². The van der Waals surface area contributed by atoms with E-state index in [1.165, 1.54) is 25.6 Å². The Balaban J connectivity index is 1.75. The highest BCUT2D eigenvalue weighted by Gasteiger charge is 2.18. The second kappa shape index (κ2) is 10.7. The molecule has 2 aromatic carbocycles. The van der Waals surface area contributed by atoms with Crippen molar-refractivity contribution in [1.29, 1.82) is 0 Å². The molecule has 0 aromatic heterocycles. The summed E-state index contributed by atoms with van der Waals surface area (Å²) in [4.78, 5) is 36.0. The summed E-state index contributed by atoms with van der Waals surface area (Å²) < 4.78 is 5.17. The first-order valence-corrected chi connectivity index (χ1v) is 9.97. The SMILES string of the molecule is CC(=O)Nc1ccc(NC(=O)[C@H](C)OC(=O)CCSc2ccccc2Cl)cc1. The number of rotatable bonds is 8. The van der Waals surface area contributed by atoms with Gasteiger partial charge < -0.3 is 15.4 Å². The Kier molecular flexibility index (Phi) is 8.35. The quantitative estimate of drug-likeness (QED) is 0.490. The van der Waals surface area contributed by atoms with Gasteiger partial charge in [0.05, 0.1) is 11.4 Å². The number of ether oxygens (including phenoxy) is 1. The van der Waals surface area contributed by atoms with Gasteiger partial charge in [0.15, 0.2) is 6.10 Å². The molecule has 0 radical (unpaired) electrons. The number of carbonyl (C=O) groups excluding carboxylic acids is 3. The van der Waals surface area contributed by atoms with Gasteiger partial charge in [-0.05, 0) is 43.3 Å². The highest BCUT2D eigenvalue weighted by Crippen LogP contribution is 2.27. The molecule has 2 amide bonds. The van der Waals surface area contributed by atoms with Crippen molar-refractivity contribution in [3.8, 4) is 0 Å². The number of carbonyl (C=O) groups is 3. The minimum atomic E-state index is -0.923. The highest BCUT2D eigenvalue weighted by molar-refractivity contribution is 7.99. The molecule has 0 aliphatic rings. The van der Waals surface area contributed by atoms with Crippen molar-refractivity contribution < 1.29 is 19.1 Å². The van der Waals surface area contributed by atoms with Gasteiger partial charge in [0.1, 0.15) is 0 Å². The van der Waals surface area contributed by atoms with Crippen molar-refractivity contribution in [3.63, 3.8) is 0 Å². The van der Waals surface area contributed by atoms with Crippen LogP contribution in [0.5, 0.6) is 0 Å². The molecule has 0 aliphatic carbocycles. The van der Waals surface area contributed by atoms with Crippen LogP contribution in [0.25, 0.3) is 0 Å². The van der Waals surface area contributed by atoms with Crippen molar-refractivity contribution in [2.24, 2.45) is 0 Å². The second-order valence-corrected chi connectivity index (χ2v) is 7.45. The molecule has 28 heavy (non-hydrogen) atoms. The van der Waals surface area contributed by atoms with Crippen LogP contribution >= 0.6 is 23.4 Å². The van der Waals surface area contributed by atoms with E-state index < -0.39 is 18.0 Å². The van der Waals surface area contributed by atoms with E-state index in [1.54, 1.807) is 30.3 Å². The normalized spacial score (nSPS) is 11.4. The largest absolute Gasteiger partial charge is 0.453 e. The van der Waals surface area contributed by atoms with Crippen LogP contribution in [-0.4, -0.2) is 29.6 Å². The number of thioether (sulfide) groups is 1. The van der Waals surface area contributed by atoms with Gasteiger partial charge in [-0.1, -0.05) is 23.7 Å². The van der Waals surface area contributed by atoms with Crippen LogP contribution in [0.2, 0.25) is 5.02 Å². The summed E-state index contributed by atoms with van der Waals surface area (Å²) in [6, 6.07) is 14.0. The van der Waals surface area contributed by atoms with E-state index in [-0.39, 0.29) is 12.3 Å². The summed E-state index contributed by atoms with van der Waals surface area (Å²) in [5.74, 6) is -0.561. The third kappa shape index (κ3) is 7.25. The number of benzene rings is 2. The zero-order chi connectivity index (χ0) is 20.5. The first-order chi connectivity index (χ1) is 13.3. The van der Waals surface area contributed by atoms with Crippen LogP contribution in [0, 0.1) is 0 Å². The van der Waals surface area contributed by atoms with Gasteiger partial charge in [-0.2, -0.15) is 0 Å². The molecule has 2 N–H and O–H groups in total. The number of anilines is 2. The maximum absolute atomic E-state index is 12.2. The van der Waals surface area contributed by atoms with E-state index in [0.29, 0.717) is 22.2 Å². The van der Waals surface area contributed by atoms with E-state index in [1.807, 2.05) is 18.2 Å². The van der Waals surface area contributed by atoms with Gasteiger partial charge >= 0.3 is 5.97 Å². The molecule has 0 bridgehead atoms. The first kappa shape index (κ1) is 21.8. The Hall–Kier alpha value is -2.51. The molecule has 0 spiro atoms. The Morgan fingerprint density at radius 2 is 1.64 bits per heavy atom. The number of hydrogen-bond acceptors (Lipinski definition) is 5. The lowest BCUT2D eigenvalue weighted by Gasteiger charge is -2.14. The summed E-state index contributed by atoms with van der Waals surface area (Å²) >= 11 is 7.52. The van der Waals surface area contributed by atoms with Crippen molar-refractivity contribution >= 4 is 52.5 Å². The van der Waals surface area contributed by atoms with Gasteiger partial charge in [-0.25, -0.2) is 0 Å². The predicted molar refractivity (Wildman–Crippen MR) is 112 cm³/mol. The van der Waals surface area contributed by atoms with Gasteiger partial charge in [0.25, 0.3) is 5.91 Å². The Bertz CT molecular complexity index is 842. The van der Waals surface area contributed by atoms with E-state index in [2.05, 4.69) is 10.6 Å². The van der Waals surface area contributed by atoms with Crippen LogP contribution in [0.3, 0.4) is 0 Å². The summed E-state index contributed by atoms with van der Waals surface area (Å²) in [5.41, 5.74) is 1.16. The van der Waals surface area contributed by atoms with Crippen LogP contribution in [0.15, 0.2) is 53.4 Å². The molecule has 8 heteroatoms. The van der Waals surface area contributed by atoms with Gasteiger partial charge in [-0.15, -0.1) is 11.8 Å². The molecule has 0 heterocycles.